The van der Waals surface area contributed by atoms with Gasteiger partial charge < -0.3 is 10.5 Å². The van der Waals surface area contributed by atoms with Crippen molar-refractivity contribution in [3.8, 4) is 5.75 Å². The Labute approximate surface area is 105 Å². The van der Waals surface area contributed by atoms with Gasteiger partial charge in [-0.2, -0.15) is 0 Å². The van der Waals surface area contributed by atoms with E-state index >= 15 is 0 Å². The second kappa shape index (κ2) is 5.80. The minimum absolute atomic E-state index is 0.116. The van der Waals surface area contributed by atoms with Gasteiger partial charge in [0.15, 0.2) is 0 Å². The van der Waals surface area contributed by atoms with Gasteiger partial charge in [0.2, 0.25) is 0 Å². The maximum atomic E-state index is 5.95. The van der Waals surface area contributed by atoms with Crippen LogP contribution in [-0.4, -0.2) is 4.98 Å². The summed E-state index contributed by atoms with van der Waals surface area (Å²) in [5.74, 6) is 0.866. The molecule has 1 atom stereocenters. The number of thiazole rings is 1. The Hall–Kier alpha value is -1.39. The first kappa shape index (κ1) is 12.1. The molecule has 0 fully saturated rings. The third kappa shape index (κ3) is 3.28. The van der Waals surface area contributed by atoms with Crippen LogP contribution in [0.4, 0.5) is 0 Å². The fourth-order valence-corrected chi connectivity index (χ4v) is 2.02. The second-order valence-electron chi connectivity index (χ2n) is 3.84. The highest BCUT2D eigenvalue weighted by Gasteiger charge is 2.03. The van der Waals surface area contributed by atoms with Gasteiger partial charge in [0.1, 0.15) is 12.4 Å². The molecule has 90 valence electrons. The maximum absolute atomic E-state index is 5.95. The summed E-state index contributed by atoms with van der Waals surface area (Å²) < 4.78 is 5.65. The number of rotatable bonds is 5. The van der Waals surface area contributed by atoms with Gasteiger partial charge in [-0.25, -0.2) is 0 Å². The number of hydrogen-bond acceptors (Lipinski definition) is 4. The zero-order valence-corrected chi connectivity index (χ0v) is 10.6. The predicted molar refractivity (Wildman–Crippen MR) is 70.1 cm³/mol. The quantitative estimate of drug-likeness (QED) is 0.884. The molecule has 2 aromatic rings. The van der Waals surface area contributed by atoms with Crippen LogP contribution in [0.15, 0.2) is 36.0 Å². The van der Waals surface area contributed by atoms with Crippen molar-refractivity contribution in [1.29, 1.82) is 0 Å². The summed E-state index contributed by atoms with van der Waals surface area (Å²) in [5.41, 5.74) is 8.91. The van der Waals surface area contributed by atoms with Gasteiger partial charge in [0.25, 0.3) is 0 Å². The molecule has 0 aliphatic carbocycles. The molecular formula is C13H16N2OS. The van der Waals surface area contributed by atoms with Crippen LogP contribution in [0.25, 0.3) is 0 Å². The summed E-state index contributed by atoms with van der Waals surface area (Å²) in [6.45, 7) is 2.66. The Bertz CT molecular complexity index is 439. The molecule has 2 rings (SSSR count). The van der Waals surface area contributed by atoms with Gasteiger partial charge in [-0.05, 0) is 24.1 Å². The molecule has 0 bridgehead atoms. The van der Waals surface area contributed by atoms with Crippen molar-refractivity contribution in [2.45, 2.75) is 26.0 Å². The van der Waals surface area contributed by atoms with Crippen molar-refractivity contribution < 1.29 is 4.74 Å². The molecule has 2 N–H and O–H groups in total. The van der Waals surface area contributed by atoms with E-state index in [1.807, 2.05) is 36.0 Å². The van der Waals surface area contributed by atoms with E-state index in [1.165, 1.54) is 0 Å². The number of benzene rings is 1. The first-order valence-corrected chi connectivity index (χ1v) is 6.53. The normalized spacial score (nSPS) is 12.4. The van der Waals surface area contributed by atoms with E-state index in [0.717, 1.165) is 22.6 Å². The molecule has 0 aliphatic rings. The lowest BCUT2D eigenvalue weighted by Crippen LogP contribution is -2.08. The van der Waals surface area contributed by atoms with Crippen molar-refractivity contribution in [1.82, 2.24) is 4.98 Å². The Morgan fingerprint density at radius 1 is 1.35 bits per heavy atom. The van der Waals surface area contributed by atoms with E-state index in [-0.39, 0.29) is 6.04 Å². The SMILES string of the molecule is CCC(N)c1ccc(OCc2cncs2)cc1. The van der Waals surface area contributed by atoms with E-state index in [0.29, 0.717) is 6.61 Å². The molecule has 1 heterocycles. The van der Waals surface area contributed by atoms with Gasteiger partial charge in [0, 0.05) is 12.2 Å². The lowest BCUT2D eigenvalue weighted by atomic mass is 10.1. The molecule has 3 nitrogen and oxygen atoms in total. The Balaban J connectivity index is 1.94. The Kier molecular flexibility index (Phi) is 4.12. The third-order valence-corrected chi connectivity index (χ3v) is 3.37. The van der Waals surface area contributed by atoms with E-state index in [1.54, 1.807) is 11.3 Å². The highest BCUT2D eigenvalue weighted by atomic mass is 32.1. The van der Waals surface area contributed by atoms with Crippen LogP contribution in [0, 0.1) is 0 Å². The van der Waals surface area contributed by atoms with Crippen LogP contribution in [0.2, 0.25) is 0 Å². The molecule has 1 aromatic heterocycles. The molecule has 0 spiro atoms. The van der Waals surface area contributed by atoms with Gasteiger partial charge in [-0.1, -0.05) is 19.1 Å². The molecule has 0 saturated heterocycles. The van der Waals surface area contributed by atoms with E-state index in [9.17, 15) is 0 Å². The molecule has 1 aromatic carbocycles. The molecule has 1 unspecified atom stereocenters. The molecule has 17 heavy (non-hydrogen) atoms. The minimum atomic E-state index is 0.116. The first-order chi connectivity index (χ1) is 8.29. The monoisotopic (exact) mass is 248 g/mol. The Morgan fingerprint density at radius 2 is 2.12 bits per heavy atom. The number of nitrogens with zero attached hydrogens (tertiary/aromatic N) is 1. The second-order valence-corrected chi connectivity index (χ2v) is 4.81. The summed E-state index contributed by atoms with van der Waals surface area (Å²) >= 11 is 1.60. The fourth-order valence-electron chi connectivity index (χ4n) is 1.51. The standard InChI is InChI=1S/C13H16N2OS/c1-2-13(14)10-3-5-11(6-4-10)16-8-12-7-15-9-17-12/h3-7,9,13H,2,8,14H2,1H3. The largest absolute Gasteiger partial charge is 0.488 e. The summed E-state index contributed by atoms with van der Waals surface area (Å²) in [7, 11) is 0. The summed E-state index contributed by atoms with van der Waals surface area (Å²) in [5, 5.41) is 0. The van der Waals surface area contributed by atoms with Gasteiger partial charge in [-0.15, -0.1) is 11.3 Å². The van der Waals surface area contributed by atoms with E-state index in [2.05, 4.69) is 11.9 Å². The summed E-state index contributed by atoms with van der Waals surface area (Å²) in [6.07, 6.45) is 2.77. The van der Waals surface area contributed by atoms with E-state index in [4.69, 9.17) is 10.5 Å². The molecule has 0 radical (unpaired) electrons. The van der Waals surface area contributed by atoms with Crippen molar-refractivity contribution in [3.05, 3.63) is 46.4 Å². The number of hydrogen-bond donors (Lipinski definition) is 1. The topological polar surface area (TPSA) is 48.1 Å². The summed E-state index contributed by atoms with van der Waals surface area (Å²) in [4.78, 5) is 5.13. The van der Waals surface area contributed by atoms with Crippen LogP contribution in [0.5, 0.6) is 5.75 Å². The molecule has 4 heteroatoms. The van der Waals surface area contributed by atoms with E-state index < -0.39 is 0 Å². The maximum Gasteiger partial charge on any atom is 0.124 e. The zero-order chi connectivity index (χ0) is 12.1. The lowest BCUT2D eigenvalue weighted by Gasteiger charge is -2.10. The average Bonchev–Trinajstić information content (AvgIpc) is 2.89. The average molecular weight is 248 g/mol. The number of nitrogens with two attached hydrogens (primary N) is 1. The third-order valence-electron chi connectivity index (χ3n) is 2.61. The molecule has 0 amide bonds. The number of aromatic nitrogens is 1. The smallest absolute Gasteiger partial charge is 0.124 e. The predicted octanol–water partition coefficient (Wildman–Crippen LogP) is 3.13. The molecule has 0 saturated carbocycles. The minimum Gasteiger partial charge on any atom is -0.488 e. The molecule has 0 aliphatic heterocycles. The van der Waals surface area contributed by atoms with Gasteiger partial charge in [0.05, 0.1) is 10.4 Å². The van der Waals surface area contributed by atoms with Crippen molar-refractivity contribution in [3.63, 3.8) is 0 Å². The number of ether oxygens (including phenoxy) is 1. The Morgan fingerprint density at radius 3 is 2.71 bits per heavy atom. The first-order valence-electron chi connectivity index (χ1n) is 5.65. The van der Waals surface area contributed by atoms with Crippen molar-refractivity contribution >= 4 is 11.3 Å². The molecular weight excluding hydrogens is 232 g/mol. The van der Waals surface area contributed by atoms with Crippen LogP contribution in [0.1, 0.15) is 29.8 Å². The van der Waals surface area contributed by atoms with Crippen LogP contribution < -0.4 is 10.5 Å². The van der Waals surface area contributed by atoms with Crippen LogP contribution in [-0.2, 0) is 6.61 Å². The van der Waals surface area contributed by atoms with Gasteiger partial charge >= 0.3 is 0 Å². The van der Waals surface area contributed by atoms with Crippen LogP contribution >= 0.6 is 11.3 Å². The fraction of sp³-hybridized carbons (Fsp3) is 0.308. The van der Waals surface area contributed by atoms with Gasteiger partial charge in [-0.3, -0.25) is 4.98 Å². The highest BCUT2D eigenvalue weighted by molar-refractivity contribution is 7.09. The van der Waals surface area contributed by atoms with Crippen molar-refractivity contribution in [2.75, 3.05) is 0 Å². The van der Waals surface area contributed by atoms with Crippen molar-refractivity contribution in [2.24, 2.45) is 5.73 Å². The van der Waals surface area contributed by atoms with Crippen LogP contribution in [0.3, 0.4) is 0 Å². The highest BCUT2D eigenvalue weighted by Crippen LogP contribution is 2.19. The summed E-state index contributed by atoms with van der Waals surface area (Å²) in [6, 6.07) is 8.09. The zero-order valence-electron chi connectivity index (χ0n) is 9.80. The lowest BCUT2D eigenvalue weighted by molar-refractivity contribution is 0.309.